The predicted molar refractivity (Wildman–Crippen MR) is 85.2 cm³/mol. The van der Waals surface area contributed by atoms with E-state index in [1.807, 2.05) is 35.7 Å². The quantitative estimate of drug-likeness (QED) is 0.572. The number of aromatic nitrogens is 1. The minimum Gasteiger partial charge on any atom is -0.253 e. The van der Waals surface area contributed by atoms with Crippen LogP contribution in [0.15, 0.2) is 65.1 Å². The van der Waals surface area contributed by atoms with Gasteiger partial charge in [-0.2, -0.15) is 5.10 Å². The molecule has 21 heavy (non-hydrogen) atoms. The Morgan fingerprint density at radius 3 is 2.57 bits per heavy atom. The van der Waals surface area contributed by atoms with Crippen LogP contribution in [0.25, 0.3) is 11.3 Å². The minimum absolute atomic E-state index is 0.250. The molecular weight excluding hydrogens is 285 g/mol. The topological polar surface area (TPSA) is 37.3 Å². The molecule has 0 aliphatic rings. The van der Waals surface area contributed by atoms with Crippen LogP contribution in [-0.4, -0.2) is 11.2 Å². The smallest absolute Gasteiger partial charge is 0.203 e. The number of nitrogens with one attached hydrogen (secondary N) is 1. The van der Waals surface area contributed by atoms with Crippen LogP contribution < -0.4 is 5.43 Å². The Morgan fingerprint density at radius 1 is 1.05 bits per heavy atom. The number of hydrogen-bond acceptors (Lipinski definition) is 4. The van der Waals surface area contributed by atoms with Gasteiger partial charge in [0.05, 0.1) is 11.9 Å². The molecule has 0 amide bonds. The van der Waals surface area contributed by atoms with Crippen molar-refractivity contribution >= 4 is 22.7 Å². The lowest BCUT2D eigenvalue weighted by Crippen LogP contribution is -1.89. The summed E-state index contributed by atoms with van der Waals surface area (Å²) in [5.41, 5.74) is 5.60. The molecule has 0 spiro atoms. The lowest BCUT2D eigenvalue weighted by molar-refractivity contribution is 0.628. The zero-order valence-electron chi connectivity index (χ0n) is 11.0. The summed E-state index contributed by atoms with van der Waals surface area (Å²) in [4.78, 5) is 4.41. The van der Waals surface area contributed by atoms with E-state index in [1.165, 1.54) is 23.5 Å². The van der Waals surface area contributed by atoms with E-state index < -0.39 is 0 Å². The number of thiazole rings is 1. The molecule has 0 saturated heterocycles. The zero-order chi connectivity index (χ0) is 14.5. The lowest BCUT2D eigenvalue weighted by Gasteiger charge is -1.96. The van der Waals surface area contributed by atoms with Gasteiger partial charge in [0.2, 0.25) is 5.13 Å². The monoisotopic (exact) mass is 297 g/mol. The van der Waals surface area contributed by atoms with E-state index in [1.54, 1.807) is 18.3 Å². The normalized spacial score (nSPS) is 10.9. The SMILES string of the molecule is Fc1ccc(-c2csc(N/N=C\c3ccccc3)n2)cc1. The summed E-state index contributed by atoms with van der Waals surface area (Å²) in [7, 11) is 0. The molecule has 0 radical (unpaired) electrons. The van der Waals surface area contributed by atoms with Crippen LogP contribution >= 0.6 is 11.3 Å². The third-order valence-electron chi connectivity index (χ3n) is 2.82. The summed E-state index contributed by atoms with van der Waals surface area (Å²) in [5, 5.41) is 6.75. The number of nitrogens with zero attached hydrogens (tertiary/aromatic N) is 2. The van der Waals surface area contributed by atoms with Gasteiger partial charge in [-0.25, -0.2) is 9.37 Å². The van der Waals surface area contributed by atoms with Crippen molar-refractivity contribution in [2.45, 2.75) is 0 Å². The van der Waals surface area contributed by atoms with Crippen LogP contribution in [0.3, 0.4) is 0 Å². The Bertz CT molecular complexity index is 736. The van der Waals surface area contributed by atoms with Crippen LogP contribution in [-0.2, 0) is 0 Å². The number of rotatable bonds is 4. The molecule has 3 aromatic rings. The third-order valence-corrected chi connectivity index (χ3v) is 3.56. The highest BCUT2D eigenvalue weighted by molar-refractivity contribution is 7.14. The maximum Gasteiger partial charge on any atom is 0.203 e. The molecule has 0 bridgehead atoms. The Balaban J connectivity index is 1.68. The van der Waals surface area contributed by atoms with Gasteiger partial charge in [0.15, 0.2) is 0 Å². The van der Waals surface area contributed by atoms with Crippen molar-refractivity contribution in [3.8, 4) is 11.3 Å². The largest absolute Gasteiger partial charge is 0.253 e. The number of anilines is 1. The molecule has 1 heterocycles. The molecule has 0 atom stereocenters. The van der Waals surface area contributed by atoms with Crippen molar-refractivity contribution in [3.05, 3.63) is 71.4 Å². The van der Waals surface area contributed by atoms with Crippen LogP contribution in [0, 0.1) is 5.82 Å². The first-order chi connectivity index (χ1) is 10.3. The van der Waals surface area contributed by atoms with Gasteiger partial charge < -0.3 is 0 Å². The first kappa shape index (κ1) is 13.5. The van der Waals surface area contributed by atoms with E-state index in [-0.39, 0.29) is 5.82 Å². The van der Waals surface area contributed by atoms with Crippen LogP contribution in [0.1, 0.15) is 5.56 Å². The Kier molecular flexibility index (Phi) is 4.02. The predicted octanol–water partition coefficient (Wildman–Crippen LogP) is 4.40. The standard InChI is InChI=1S/C16H12FN3S/c17-14-8-6-13(7-9-14)15-11-21-16(19-15)20-18-10-12-4-2-1-3-5-12/h1-11H,(H,19,20)/b18-10-. The van der Waals surface area contributed by atoms with Gasteiger partial charge in [-0.3, -0.25) is 5.43 Å². The summed E-state index contributed by atoms with van der Waals surface area (Å²) in [6.45, 7) is 0. The van der Waals surface area contributed by atoms with Gasteiger partial charge in [-0.1, -0.05) is 30.3 Å². The minimum atomic E-state index is -0.250. The first-order valence-corrected chi connectivity index (χ1v) is 7.25. The van der Waals surface area contributed by atoms with Crippen LogP contribution in [0.5, 0.6) is 0 Å². The van der Waals surface area contributed by atoms with Gasteiger partial charge >= 0.3 is 0 Å². The molecule has 0 aliphatic heterocycles. The highest BCUT2D eigenvalue weighted by Crippen LogP contribution is 2.24. The third kappa shape index (κ3) is 3.52. The Morgan fingerprint density at radius 2 is 1.81 bits per heavy atom. The van der Waals surface area contributed by atoms with Crippen molar-refractivity contribution in [1.29, 1.82) is 0 Å². The Labute approximate surface area is 125 Å². The number of hydrazone groups is 1. The lowest BCUT2D eigenvalue weighted by atomic mass is 10.2. The maximum absolute atomic E-state index is 12.9. The van der Waals surface area contributed by atoms with E-state index in [4.69, 9.17) is 0 Å². The molecule has 1 N–H and O–H groups in total. The van der Waals surface area contributed by atoms with Crippen LogP contribution in [0.2, 0.25) is 0 Å². The summed E-state index contributed by atoms with van der Waals surface area (Å²) in [5.74, 6) is -0.250. The van der Waals surface area contributed by atoms with E-state index in [0.29, 0.717) is 5.13 Å². The second-order valence-corrected chi connectivity index (χ2v) is 5.18. The molecule has 5 heteroatoms. The van der Waals surface area contributed by atoms with Gasteiger partial charge in [0.1, 0.15) is 5.82 Å². The highest BCUT2D eigenvalue weighted by atomic mass is 32.1. The van der Waals surface area contributed by atoms with Crippen molar-refractivity contribution in [2.75, 3.05) is 5.43 Å². The Hall–Kier alpha value is -2.53. The molecule has 1 aromatic heterocycles. The zero-order valence-corrected chi connectivity index (χ0v) is 11.8. The molecule has 0 unspecified atom stereocenters. The highest BCUT2D eigenvalue weighted by Gasteiger charge is 2.03. The fraction of sp³-hybridized carbons (Fsp3) is 0. The second kappa shape index (κ2) is 6.28. The van der Waals surface area contributed by atoms with E-state index in [2.05, 4.69) is 15.5 Å². The van der Waals surface area contributed by atoms with E-state index in [9.17, 15) is 4.39 Å². The second-order valence-electron chi connectivity index (χ2n) is 4.33. The molecule has 0 fully saturated rings. The molecule has 3 nitrogen and oxygen atoms in total. The van der Waals surface area contributed by atoms with Crippen molar-refractivity contribution < 1.29 is 4.39 Å². The molecule has 0 saturated carbocycles. The first-order valence-electron chi connectivity index (χ1n) is 6.37. The molecule has 2 aromatic carbocycles. The van der Waals surface area contributed by atoms with E-state index in [0.717, 1.165) is 16.8 Å². The average molecular weight is 297 g/mol. The van der Waals surface area contributed by atoms with Gasteiger partial charge in [-0.05, 0) is 29.8 Å². The van der Waals surface area contributed by atoms with Gasteiger partial charge in [0, 0.05) is 10.9 Å². The van der Waals surface area contributed by atoms with Crippen molar-refractivity contribution in [1.82, 2.24) is 4.98 Å². The maximum atomic E-state index is 12.9. The summed E-state index contributed by atoms with van der Waals surface area (Å²) in [6, 6.07) is 16.1. The summed E-state index contributed by atoms with van der Waals surface area (Å²) in [6.07, 6.45) is 1.74. The molecule has 104 valence electrons. The molecular formula is C16H12FN3S. The summed E-state index contributed by atoms with van der Waals surface area (Å²) >= 11 is 1.45. The summed E-state index contributed by atoms with van der Waals surface area (Å²) < 4.78 is 12.9. The molecule has 3 rings (SSSR count). The molecule has 0 aliphatic carbocycles. The van der Waals surface area contributed by atoms with Crippen molar-refractivity contribution in [3.63, 3.8) is 0 Å². The van der Waals surface area contributed by atoms with Crippen molar-refractivity contribution in [2.24, 2.45) is 5.10 Å². The number of benzene rings is 2. The van der Waals surface area contributed by atoms with Crippen LogP contribution in [0.4, 0.5) is 9.52 Å². The number of hydrogen-bond donors (Lipinski definition) is 1. The van der Waals surface area contributed by atoms with E-state index >= 15 is 0 Å². The average Bonchev–Trinajstić information content (AvgIpc) is 2.98. The van der Waals surface area contributed by atoms with Gasteiger partial charge in [0.25, 0.3) is 0 Å². The fourth-order valence-corrected chi connectivity index (χ4v) is 2.45. The number of halogens is 1. The van der Waals surface area contributed by atoms with Gasteiger partial charge in [-0.15, -0.1) is 11.3 Å². The fourth-order valence-electron chi connectivity index (χ4n) is 1.78.